The average molecular weight is 344 g/mol. The van der Waals surface area contributed by atoms with Crippen LogP contribution in [0.3, 0.4) is 0 Å². The Morgan fingerprint density at radius 3 is 2.72 bits per heavy atom. The van der Waals surface area contributed by atoms with Gasteiger partial charge in [0, 0.05) is 45.1 Å². The van der Waals surface area contributed by atoms with E-state index < -0.39 is 11.9 Å². The largest absolute Gasteiger partial charge is 0.481 e. The maximum atomic E-state index is 12.6. The van der Waals surface area contributed by atoms with Gasteiger partial charge in [-0.25, -0.2) is 0 Å². The summed E-state index contributed by atoms with van der Waals surface area (Å²) in [5.41, 5.74) is 1.62. The molecule has 132 valence electrons. The second-order valence-electron chi connectivity index (χ2n) is 6.10. The number of aromatic nitrogens is 4. The molecular weight excluding hydrogens is 324 g/mol. The number of nitrogens with one attached hydrogen (secondary N) is 1. The van der Waals surface area contributed by atoms with E-state index in [0.717, 1.165) is 11.3 Å². The maximum Gasteiger partial charge on any atom is 0.309 e. The number of carboxylic acids is 1. The molecule has 0 aromatic carbocycles. The molecule has 3 heterocycles. The Bertz CT molecular complexity index is 706. The van der Waals surface area contributed by atoms with Crippen LogP contribution in [-0.4, -0.2) is 73.4 Å². The van der Waals surface area contributed by atoms with Crippen LogP contribution < -0.4 is 0 Å². The predicted octanol–water partition coefficient (Wildman–Crippen LogP) is -0.213. The van der Waals surface area contributed by atoms with Gasteiger partial charge in [0.1, 0.15) is 0 Å². The summed E-state index contributed by atoms with van der Waals surface area (Å²) in [6, 6.07) is 3.59. The molecule has 1 fully saturated rings. The van der Waals surface area contributed by atoms with Gasteiger partial charge in [0.25, 0.3) is 0 Å². The van der Waals surface area contributed by atoms with E-state index in [1.165, 1.54) is 0 Å². The molecule has 3 rings (SSSR count). The number of rotatable bonds is 5. The fourth-order valence-electron chi connectivity index (χ4n) is 2.92. The first kappa shape index (κ1) is 17.0. The normalized spacial score (nSPS) is 18.7. The van der Waals surface area contributed by atoms with Gasteiger partial charge < -0.3 is 10.0 Å². The van der Waals surface area contributed by atoms with Crippen LogP contribution in [0, 0.1) is 5.92 Å². The number of aliphatic carboxylic acids is 1. The van der Waals surface area contributed by atoms with Crippen LogP contribution in [0.5, 0.6) is 0 Å². The first-order valence-electron chi connectivity index (χ1n) is 8.08. The Balaban J connectivity index is 1.66. The van der Waals surface area contributed by atoms with Crippen LogP contribution in [0.1, 0.15) is 11.3 Å². The molecule has 25 heavy (non-hydrogen) atoms. The molecule has 9 nitrogen and oxygen atoms in total. The summed E-state index contributed by atoms with van der Waals surface area (Å²) < 4.78 is 0. The molecule has 1 saturated heterocycles. The predicted molar refractivity (Wildman–Crippen MR) is 87.3 cm³/mol. The summed E-state index contributed by atoms with van der Waals surface area (Å²) in [5.74, 6) is -1.59. The van der Waals surface area contributed by atoms with Crippen molar-refractivity contribution in [1.82, 2.24) is 30.2 Å². The lowest BCUT2D eigenvalue weighted by Crippen LogP contribution is -2.38. The van der Waals surface area contributed by atoms with Crippen molar-refractivity contribution in [3.63, 3.8) is 0 Å². The molecule has 1 unspecified atom stereocenters. The molecule has 2 N–H and O–H groups in total. The SMILES string of the molecule is O=C(O)C1CN(Cc2cn[nH]n2)CCN(C(=O)Cc2ccncc2)C1. The van der Waals surface area contributed by atoms with E-state index in [2.05, 4.69) is 20.4 Å². The van der Waals surface area contributed by atoms with Crippen LogP contribution in [0.2, 0.25) is 0 Å². The quantitative estimate of drug-likeness (QED) is 0.771. The standard InChI is InChI=1S/C16H20N6O3/c23-15(7-12-1-3-17-4-2-12)22-6-5-21(9-13(10-22)16(24)25)11-14-8-18-20-19-14/h1-4,8,13H,5-7,9-11H2,(H,24,25)(H,18,19,20). The first-order chi connectivity index (χ1) is 12.1. The summed E-state index contributed by atoms with van der Waals surface area (Å²) in [6.45, 7) is 2.19. The zero-order valence-corrected chi connectivity index (χ0v) is 13.7. The Morgan fingerprint density at radius 2 is 2.04 bits per heavy atom. The fourth-order valence-corrected chi connectivity index (χ4v) is 2.92. The molecule has 9 heteroatoms. The average Bonchev–Trinajstić information content (AvgIpc) is 3.01. The Morgan fingerprint density at radius 1 is 1.24 bits per heavy atom. The minimum absolute atomic E-state index is 0.0688. The Hall–Kier alpha value is -2.81. The van der Waals surface area contributed by atoms with E-state index in [1.54, 1.807) is 35.6 Å². The summed E-state index contributed by atoms with van der Waals surface area (Å²) in [5, 5.41) is 19.8. The molecule has 2 aromatic rings. The van der Waals surface area contributed by atoms with Crippen molar-refractivity contribution < 1.29 is 14.7 Å². The number of carboxylic acid groups (broad SMARTS) is 1. The monoisotopic (exact) mass is 344 g/mol. The highest BCUT2D eigenvalue weighted by molar-refractivity contribution is 5.80. The van der Waals surface area contributed by atoms with Gasteiger partial charge in [0.05, 0.1) is 24.2 Å². The number of H-pyrrole nitrogens is 1. The third-order valence-electron chi connectivity index (χ3n) is 4.26. The van der Waals surface area contributed by atoms with Crippen molar-refractivity contribution in [3.05, 3.63) is 42.0 Å². The zero-order valence-electron chi connectivity index (χ0n) is 13.7. The zero-order chi connectivity index (χ0) is 17.6. The molecule has 1 atom stereocenters. The van der Waals surface area contributed by atoms with E-state index >= 15 is 0 Å². The highest BCUT2D eigenvalue weighted by Gasteiger charge is 2.30. The second kappa shape index (κ2) is 7.84. The minimum Gasteiger partial charge on any atom is -0.481 e. The summed E-state index contributed by atoms with van der Waals surface area (Å²) in [4.78, 5) is 31.7. The number of carbonyl (C=O) groups excluding carboxylic acids is 1. The van der Waals surface area contributed by atoms with E-state index in [4.69, 9.17) is 0 Å². The van der Waals surface area contributed by atoms with E-state index in [0.29, 0.717) is 26.2 Å². The van der Waals surface area contributed by atoms with Gasteiger partial charge in [-0.05, 0) is 17.7 Å². The summed E-state index contributed by atoms with van der Waals surface area (Å²) in [6.07, 6.45) is 5.15. The van der Waals surface area contributed by atoms with Crippen LogP contribution in [0.4, 0.5) is 0 Å². The van der Waals surface area contributed by atoms with Crippen LogP contribution in [0.25, 0.3) is 0 Å². The lowest BCUT2D eigenvalue weighted by molar-refractivity contribution is -0.143. The number of amides is 1. The Labute approximate surface area is 144 Å². The van der Waals surface area contributed by atoms with Crippen molar-refractivity contribution in [2.45, 2.75) is 13.0 Å². The van der Waals surface area contributed by atoms with Crippen LogP contribution >= 0.6 is 0 Å². The number of hydrogen-bond donors (Lipinski definition) is 2. The smallest absolute Gasteiger partial charge is 0.309 e. The molecule has 0 aliphatic carbocycles. The maximum absolute atomic E-state index is 12.6. The third kappa shape index (κ3) is 4.60. The highest BCUT2D eigenvalue weighted by Crippen LogP contribution is 2.14. The topological polar surface area (TPSA) is 115 Å². The first-order valence-corrected chi connectivity index (χ1v) is 8.08. The number of nitrogens with zero attached hydrogens (tertiary/aromatic N) is 5. The molecule has 1 amide bonds. The summed E-state index contributed by atoms with van der Waals surface area (Å²) in [7, 11) is 0. The van der Waals surface area contributed by atoms with Crippen molar-refractivity contribution >= 4 is 11.9 Å². The van der Waals surface area contributed by atoms with Gasteiger partial charge in [-0.3, -0.25) is 19.5 Å². The van der Waals surface area contributed by atoms with E-state index in [9.17, 15) is 14.7 Å². The van der Waals surface area contributed by atoms with Gasteiger partial charge >= 0.3 is 5.97 Å². The molecule has 0 saturated carbocycles. The van der Waals surface area contributed by atoms with Gasteiger partial charge in [0.15, 0.2) is 0 Å². The lowest BCUT2D eigenvalue weighted by atomic mass is 10.1. The molecule has 0 bridgehead atoms. The van der Waals surface area contributed by atoms with Crippen molar-refractivity contribution in [2.24, 2.45) is 5.92 Å². The lowest BCUT2D eigenvalue weighted by Gasteiger charge is -2.22. The number of pyridine rings is 1. The van der Waals surface area contributed by atoms with Crippen LogP contribution in [0.15, 0.2) is 30.7 Å². The molecule has 2 aromatic heterocycles. The second-order valence-corrected chi connectivity index (χ2v) is 6.10. The molecule has 0 spiro atoms. The minimum atomic E-state index is -0.895. The van der Waals surface area contributed by atoms with Gasteiger partial charge in [-0.2, -0.15) is 15.4 Å². The highest BCUT2D eigenvalue weighted by atomic mass is 16.4. The van der Waals surface area contributed by atoms with E-state index in [1.807, 2.05) is 4.90 Å². The van der Waals surface area contributed by atoms with Crippen molar-refractivity contribution in [2.75, 3.05) is 26.2 Å². The number of hydrogen-bond acceptors (Lipinski definition) is 6. The fraction of sp³-hybridized carbons (Fsp3) is 0.438. The van der Waals surface area contributed by atoms with Crippen molar-refractivity contribution in [3.8, 4) is 0 Å². The van der Waals surface area contributed by atoms with Gasteiger partial charge in [-0.15, -0.1) is 0 Å². The van der Waals surface area contributed by atoms with Gasteiger partial charge in [-0.1, -0.05) is 0 Å². The third-order valence-corrected chi connectivity index (χ3v) is 4.26. The molecular formula is C16H20N6O3. The van der Waals surface area contributed by atoms with Crippen LogP contribution in [-0.2, 0) is 22.6 Å². The number of carbonyl (C=O) groups is 2. The number of aromatic amines is 1. The van der Waals surface area contributed by atoms with E-state index in [-0.39, 0.29) is 18.9 Å². The van der Waals surface area contributed by atoms with Crippen molar-refractivity contribution in [1.29, 1.82) is 0 Å². The Kier molecular flexibility index (Phi) is 5.34. The molecule has 1 aliphatic heterocycles. The van der Waals surface area contributed by atoms with Gasteiger partial charge in [0.2, 0.25) is 5.91 Å². The molecule has 0 radical (unpaired) electrons. The summed E-state index contributed by atoms with van der Waals surface area (Å²) >= 11 is 0. The molecule has 1 aliphatic rings.